The van der Waals surface area contributed by atoms with Crippen LogP contribution in [0, 0.1) is 6.92 Å². The van der Waals surface area contributed by atoms with Crippen LogP contribution in [-0.4, -0.2) is 24.0 Å². The van der Waals surface area contributed by atoms with Gasteiger partial charge in [0.05, 0.1) is 30.2 Å². The zero-order valence-corrected chi connectivity index (χ0v) is 15.0. The monoisotopic (exact) mass is 361 g/mol. The van der Waals surface area contributed by atoms with Gasteiger partial charge in [0.1, 0.15) is 5.82 Å². The van der Waals surface area contributed by atoms with Crippen LogP contribution in [0.2, 0.25) is 0 Å². The highest BCUT2D eigenvalue weighted by Crippen LogP contribution is 2.21. The summed E-state index contributed by atoms with van der Waals surface area (Å²) in [5.41, 5.74) is 3.25. The highest BCUT2D eigenvalue weighted by atomic mass is 16.5. The maximum atomic E-state index is 12.2. The number of aryl methyl sites for hydroxylation is 1. The van der Waals surface area contributed by atoms with Crippen molar-refractivity contribution in [1.29, 1.82) is 0 Å². The lowest BCUT2D eigenvalue weighted by molar-refractivity contribution is 0.0601. The van der Waals surface area contributed by atoms with E-state index in [1.165, 1.54) is 7.11 Å². The zero-order chi connectivity index (χ0) is 19.2. The molecule has 136 valence electrons. The van der Waals surface area contributed by atoms with Crippen LogP contribution < -0.4 is 10.6 Å². The number of pyridine rings is 1. The van der Waals surface area contributed by atoms with Gasteiger partial charge in [0, 0.05) is 5.56 Å². The molecular weight excluding hydrogens is 342 g/mol. The van der Waals surface area contributed by atoms with Crippen molar-refractivity contribution < 1.29 is 14.3 Å². The number of esters is 1. The van der Waals surface area contributed by atoms with E-state index in [-0.39, 0.29) is 5.91 Å². The maximum absolute atomic E-state index is 12.2. The topological polar surface area (TPSA) is 80.3 Å². The van der Waals surface area contributed by atoms with Crippen LogP contribution in [0.15, 0.2) is 66.9 Å². The summed E-state index contributed by atoms with van der Waals surface area (Å²) in [6.45, 7) is 1.97. The predicted molar refractivity (Wildman–Crippen MR) is 104 cm³/mol. The third kappa shape index (κ3) is 4.49. The van der Waals surface area contributed by atoms with E-state index >= 15 is 0 Å². The lowest BCUT2D eigenvalue weighted by atomic mass is 10.1. The van der Waals surface area contributed by atoms with E-state index in [9.17, 15) is 9.59 Å². The highest BCUT2D eigenvalue weighted by Gasteiger charge is 2.11. The van der Waals surface area contributed by atoms with Gasteiger partial charge >= 0.3 is 5.97 Å². The Kier molecular flexibility index (Phi) is 5.47. The van der Waals surface area contributed by atoms with Crippen LogP contribution in [0.1, 0.15) is 26.3 Å². The van der Waals surface area contributed by atoms with Crippen molar-refractivity contribution in [2.45, 2.75) is 6.92 Å². The minimum atomic E-state index is -0.430. The molecule has 2 aromatic carbocycles. The summed E-state index contributed by atoms with van der Waals surface area (Å²) in [5, 5.41) is 5.89. The van der Waals surface area contributed by atoms with Crippen molar-refractivity contribution in [3.8, 4) is 0 Å². The van der Waals surface area contributed by atoms with Gasteiger partial charge in [-0.1, -0.05) is 29.8 Å². The fraction of sp³-hybridized carbons (Fsp3) is 0.0952. The van der Waals surface area contributed by atoms with Gasteiger partial charge < -0.3 is 15.4 Å². The third-order valence-corrected chi connectivity index (χ3v) is 3.93. The van der Waals surface area contributed by atoms with Crippen molar-refractivity contribution >= 4 is 29.1 Å². The van der Waals surface area contributed by atoms with E-state index < -0.39 is 5.97 Å². The highest BCUT2D eigenvalue weighted by molar-refractivity contribution is 6.04. The quantitative estimate of drug-likeness (QED) is 0.667. The Labute approximate surface area is 157 Å². The van der Waals surface area contributed by atoms with Gasteiger partial charge in [-0.25, -0.2) is 9.78 Å². The van der Waals surface area contributed by atoms with Crippen LogP contribution in [0.3, 0.4) is 0 Å². The standard InChI is InChI=1S/C21H19N3O3/c1-14-7-9-15(10-8-14)20(25)23-16-11-12-19(22-13-16)24-18-6-4-3-5-17(18)21(26)27-2/h3-13H,1-2H3,(H,22,24)(H,23,25). The molecule has 0 spiro atoms. The molecule has 0 aliphatic carbocycles. The minimum absolute atomic E-state index is 0.200. The molecule has 6 heteroatoms. The number of carbonyl (C=O) groups is 2. The largest absolute Gasteiger partial charge is 0.465 e. The molecule has 0 radical (unpaired) electrons. The van der Waals surface area contributed by atoms with E-state index in [4.69, 9.17) is 4.74 Å². The number of hydrogen-bond acceptors (Lipinski definition) is 5. The summed E-state index contributed by atoms with van der Waals surface area (Å²) in [5.74, 6) is -0.0895. The molecule has 0 atom stereocenters. The molecule has 6 nitrogen and oxygen atoms in total. The second kappa shape index (κ2) is 8.14. The Morgan fingerprint density at radius 2 is 1.70 bits per heavy atom. The van der Waals surface area contributed by atoms with E-state index in [2.05, 4.69) is 15.6 Å². The van der Waals surface area contributed by atoms with Gasteiger partial charge in [0.2, 0.25) is 0 Å². The number of aromatic nitrogens is 1. The first-order valence-electron chi connectivity index (χ1n) is 8.35. The zero-order valence-electron chi connectivity index (χ0n) is 15.0. The summed E-state index contributed by atoms with van der Waals surface area (Å²) in [7, 11) is 1.34. The van der Waals surface area contributed by atoms with Crippen molar-refractivity contribution in [2.75, 3.05) is 17.7 Å². The first kappa shape index (κ1) is 18.1. The lowest BCUT2D eigenvalue weighted by Gasteiger charge is -2.11. The van der Waals surface area contributed by atoms with E-state index in [1.54, 1.807) is 48.7 Å². The molecule has 0 aliphatic heterocycles. The van der Waals surface area contributed by atoms with Crippen LogP contribution in [0.4, 0.5) is 17.2 Å². The SMILES string of the molecule is COC(=O)c1ccccc1Nc1ccc(NC(=O)c2ccc(C)cc2)cn1. The molecule has 2 N–H and O–H groups in total. The summed E-state index contributed by atoms with van der Waals surface area (Å²) in [6, 6.07) is 17.8. The summed E-state index contributed by atoms with van der Waals surface area (Å²) < 4.78 is 4.78. The van der Waals surface area contributed by atoms with E-state index in [0.29, 0.717) is 28.3 Å². The fourth-order valence-electron chi connectivity index (χ4n) is 2.47. The summed E-state index contributed by atoms with van der Waals surface area (Å²) >= 11 is 0. The number of methoxy groups -OCH3 is 1. The number of para-hydroxylation sites is 1. The number of nitrogens with zero attached hydrogens (tertiary/aromatic N) is 1. The van der Waals surface area contributed by atoms with Crippen molar-refractivity contribution in [1.82, 2.24) is 4.98 Å². The van der Waals surface area contributed by atoms with Crippen LogP contribution in [-0.2, 0) is 4.74 Å². The molecule has 0 fully saturated rings. The number of amides is 1. The number of hydrogen-bond donors (Lipinski definition) is 2. The van der Waals surface area contributed by atoms with Crippen molar-refractivity contribution in [3.05, 3.63) is 83.6 Å². The third-order valence-electron chi connectivity index (χ3n) is 3.93. The number of anilines is 3. The number of benzene rings is 2. The Balaban J connectivity index is 1.70. The van der Waals surface area contributed by atoms with Gasteiger partial charge in [0.15, 0.2) is 0 Å². The molecule has 1 aromatic heterocycles. The van der Waals surface area contributed by atoms with Gasteiger partial charge in [0.25, 0.3) is 5.91 Å². The first-order valence-corrected chi connectivity index (χ1v) is 8.35. The Morgan fingerprint density at radius 3 is 2.37 bits per heavy atom. The molecular formula is C21H19N3O3. The predicted octanol–water partition coefficient (Wildman–Crippen LogP) is 4.17. The fourth-order valence-corrected chi connectivity index (χ4v) is 2.47. The molecule has 0 saturated carbocycles. The van der Waals surface area contributed by atoms with Gasteiger partial charge in [-0.05, 0) is 43.3 Å². The second-order valence-corrected chi connectivity index (χ2v) is 5.91. The molecule has 0 bridgehead atoms. The van der Waals surface area contributed by atoms with Crippen molar-refractivity contribution in [2.24, 2.45) is 0 Å². The van der Waals surface area contributed by atoms with E-state index in [1.807, 2.05) is 25.1 Å². The lowest BCUT2D eigenvalue weighted by Crippen LogP contribution is -2.12. The number of ether oxygens (including phenoxy) is 1. The number of nitrogens with one attached hydrogen (secondary N) is 2. The second-order valence-electron chi connectivity index (χ2n) is 5.91. The average molecular weight is 361 g/mol. The Morgan fingerprint density at radius 1 is 0.963 bits per heavy atom. The molecule has 1 heterocycles. The smallest absolute Gasteiger partial charge is 0.339 e. The van der Waals surface area contributed by atoms with Gasteiger partial charge in [-0.15, -0.1) is 0 Å². The van der Waals surface area contributed by atoms with Gasteiger partial charge in [-0.2, -0.15) is 0 Å². The Hall–Kier alpha value is -3.67. The van der Waals surface area contributed by atoms with Crippen LogP contribution in [0.25, 0.3) is 0 Å². The first-order chi connectivity index (χ1) is 13.1. The van der Waals surface area contributed by atoms with Gasteiger partial charge in [-0.3, -0.25) is 4.79 Å². The van der Waals surface area contributed by atoms with Crippen LogP contribution in [0.5, 0.6) is 0 Å². The molecule has 3 rings (SSSR count). The minimum Gasteiger partial charge on any atom is -0.465 e. The molecule has 27 heavy (non-hydrogen) atoms. The van der Waals surface area contributed by atoms with E-state index in [0.717, 1.165) is 5.56 Å². The molecule has 0 unspecified atom stereocenters. The summed E-state index contributed by atoms with van der Waals surface area (Å²) in [4.78, 5) is 28.4. The average Bonchev–Trinajstić information content (AvgIpc) is 2.70. The molecule has 1 amide bonds. The maximum Gasteiger partial charge on any atom is 0.339 e. The normalized spacial score (nSPS) is 10.1. The number of rotatable bonds is 5. The van der Waals surface area contributed by atoms with Crippen LogP contribution >= 0.6 is 0 Å². The molecule has 0 saturated heterocycles. The van der Waals surface area contributed by atoms with Crippen molar-refractivity contribution in [3.63, 3.8) is 0 Å². The Bertz CT molecular complexity index is 951. The molecule has 3 aromatic rings. The summed E-state index contributed by atoms with van der Waals surface area (Å²) in [6.07, 6.45) is 1.55. The molecule has 0 aliphatic rings. The number of carbonyl (C=O) groups excluding carboxylic acids is 2.